The van der Waals surface area contributed by atoms with E-state index in [2.05, 4.69) is 52.0 Å². The number of rotatable bonds is 2. The van der Waals surface area contributed by atoms with Gasteiger partial charge in [0.05, 0.1) is 0 Å². The molecule has 0 amide bonds. The summed E-state index contributed by atoms with van der Waals surface area (Å²) >= 11 is 0. The maximum atomic E-state index is 2.24. The second kappa shape index (κ2) is 5.29. The molecular weight excluding hydrogens is 180 g/mol. The van der Waals surface area contributed by atoms with Crippen LogP contribution in [0.4, 0.5) is 0 Å². The van der Waals surface area contributed by atoms with Gasteiger partial charge in [-0.05, 0) is 23.0 Å². The Hall–Kier alpha value is -0.490. The second-order valence-corrected chi connectivity index (χ2v) is 3.98. The topological polar surface area (TPSA) is 0 Å². The minimum absolute atomic E-state index is 0. The van der Waals surface area contributed by atoms with Crippen LogP contribution in [-0.4, -0.2) is 0 Å². The first kappa shape index (κ1) is 12.5. The number of halogens is 1. The van der Waals surface area contributed by atoms with Gasteiger partial charge in [0, 0.05) is 0 Å². The Kier molecular flexibility index (Phi) is 5.09. The van der Waals surface area contributed by atoms with Crippen LogP contribution in [0.2, 0.25) is 0 Å². The van der Waals surface area contributed by atoms with Crippen molar-refractivity contribution in [3.63, 3.8) is 0 Å². The summed E-state index contributed by atoms with van der Waals surface area (Å²) < 4.78 is 0. The molecule has 1 heteroatoms. The van der Waals surface area contributed by atoms with E-state index in [1.807, 2.05) is 0 Å². The first-order chi connectivity index (χ1) is 5.61. The molecular formula is C12H19Cl. The van der Waals surface area contributed by atoms with Crippen molar-refractivity contribution in [1.82, 2.24) is 0 Å². The summed E-state index contributed by atoms with van der Waals surface area (Å²) in [5.41, 5.74) is 2.86. The molecule has 1 aromatic carbocycles. The zero-order valence-corrected chi connectivity index (χ0v) is 9.69. The van der Waals surface area contributed by atoms with Crippen molar-refractivity contribution < 1.29 is 0 Å². The van der Waals surface area contributed by atoms with Crippen molar-refractivity contribution in [2.45, 2.75) is 39.5 Å². The van der Waals surface area contributed by atoms with E-state index in [1.165, 1.54) is 11.1 Å². The normalized spacial score (nSPS) is 10.3. The van der Waals surface area contributed by atoms with Gasteiger partial charge in [-0.25, -0.2) is 0 Å². The van der Waals surface area contributed by atoms with Crippen molar-refractivity contribution in [2.24, 2.45) is 0 Å². The van der Waals surface area contributed by atoms with E-state index < -0.39 is 0 Å². The van der Waals surface area contributed by atoms with Crippen molar-refractivity contribution in [3.8, 4) is 0 Å². The molecule has 0 bridgehead atoms. The van der Waals surface area contributed by atoms with Crippen LogP contribution in [0.3, 0.4) is 0 Å². The molecule has 0 nitrogen and oxygen atoms in total. The molecule has 13 heavy (non-hydrogen) atoms. The van der Waals surface area contributed by atoms with Crippen molar-refractivity contribution in [3.05, 3.63) is 35.4 Å². The van der Waals surface area contributed by atoms with Crippen molar-refractivity contribution in [2.75, 3.05) is 0 Å². The molecule has 0 saturated heterocycles. The Morgan fingerprint density at radius 3 is 1.08 bits per heavy atom. The minimum atomic E-state index is 0. The molecule has 0 aliphatic rings. The number of benzene rings is 1. The van der Waals surface area contributed by atoms with Gasteiger partial charge >= 0.3 is 0 Å². The summed E-state index contributed by atoms with van der Waals surface area (Å²) in [5, 5.41) is 0. The molecule has 0 radical (unpaired) electrons. The summed E-state index contributed by atoms with van der Waals surface area (Å²) in [6.07, 6.45) is 0. The van der Waals surface area contributed by atoms with Gasteiger partial charge < -0.3 is 0 Å². The van der Waals surface area contributed by atoms with E-state index in [0.29, 0.717) is 11.8 Å². The second-order valence-electron chi connectivity index (χ2n) is 3.98. The maximum absolute atomic E-state index is 2.24. The Morgan fingerprint density at radius 1 is 0.692 bits per heavy atom. The number of hydrogen-bond acceptors (Lipinski definition) is 0. The maximum Gasteiger partial charge on any atom is -0.0219 e. The van der Waals surface area contributed by atoms with Gasteiger partial charge in [-0.15, -0.1) is 12.4 Å². The van der Waals surface area contributed by atoms with Crippen LogP contribution in [0.5, 0.6) is 0 Å². The summed E-state index contributed by atoms with van der Waals surface area (Å²) in [7, 11) is 0. The van der Waals surface area contributed by atoms with Crippen LogP contribution < -0.4 is 0 Å². The molecule has 0 aliphatic heterocycles. The van der Waals surface area contributed by atoms with E-state index in [1.54, 1.807) is 0 Å². The standard InChI is InChI=1S/C12H18.ClH/c1-9(2)11-5-7-12(8-6-11)10(3)4;/h5-10H,1-4H3;1H. The van der Waals surface area contributed by atoms with Crippen LogP contribution >= 0.6 is 12.4 Å². The van der Waals surface area contributed by atoms with Crippen LogP contribution in [0.15, 0.2) is 24.3 Å². The third kappa shape index (κ3) is 3.40. The van der Waals surface area contributed by atoms with Crippen LogP contribution in [-0.2, 0) is 0 Å². The molecule has 0 aromatic heterocycles. The fourth-order valence-electron chi connectivity index (χ4n) is 1.27. The van der Waals surface area contributed by atoms with Gasteiger partial charge in [-0.2, -0.15) is 0 Å². The smallest absolute Gasteiger partial charge is 0.0219 e. The molecule has 1 rings (SSSR count). The summed E-state index contributed by atoms with van der Waals surface area (Å²) in [6.45, 7) is 8.91. The van der Waals surface area contributed by atoms with Gasteiger partial charge in [0.2, 0.25) is 0 Å². The SMILES string of the molecule is CC(C)c1ccc(C(C)C)cc1.Cl. The van der Waals surface area contributed by atoms with Crippen molar-refractivity contribution >= 4 is 12.4 Å². The lowest BCUT2D eigenvalue weighted by Gasteiger charge is -2.08. The van der Waals surface area contributed by atoms with Gasteiger partial charge in [-0.1, -0.05) is 52.0 Å². The largest absolute Gasteiger partial charge is 0.147 e. The van der Waals surface area contributed by atoms with Crippen molar-refractivity contribution in [1.29, 1.82) is 0 Å². The minimum Gasteiger partial charge on any atom is -0.147 e. The third-order valence-electron chi connectivity index (χ3n) is 2.27. The average molecular weight is 199 g/mol. The number of hydrogen-bond donors (Lipinski definition) is 0. The van der Waals surface area contributed by atoms with Gasteiger partial charge in [0.25, 0.3) is 0 Å². The van der Waals surface area contributed by atoms with Crippen LogP contribution in [0.25, 0.3) is 0 Å². The molecule has 0 saturated carbocycles. The highest BCUT2D eigenvalue weighted by Crippen LogP contribution is 2.18. The lowest BCUT2D eigenvalue weighted by atomic mass is 9.97. The molecule has 74 valence electrons. The summed E-state index contributed by atoms with van der Waals surface area (Å²) in [4.78, 5) is 0. The lowest BCUT2D eigenvalue weighted by molar-refractivity contribution is 0.845. The zero-order valence-electron chi connectivity index (χ0n) is 8.87. The van der Waals surface area contributed by atoms with E-state index in [0.717, 1.165) is 0 Å². The Balaban J connectivity index is 0.00000144. The monoisotopic (exact) mass is 198 g/mol. The van der Waals surface area contributed by atoms with Gasteiger partial charge in [0.15, 0.2) is 0 Å². The summed E-state index contributed by atoms with van der Waals surface area (Å²) in [6, 6.07) is 8.94. The molecule has 0 heterocycles. The highest BCUT2D eigenvalue weighted by atomic mass is 35.5. The van der Waals surface area contributed by atoms with E-state index in [-0.39, 0.29) is 12.4 Å². The Morgan fingerprint density at radius 2 is 0.923 bits per heavy atom. The molecule has 0 unspecified atom stereocenters. The highest BCUT2D eigenvalue weighted by molar-refractivity contribution is 5.85. The molecule has 0 spiro atoms. The van der Waals surface area contributed by atoms with Crippen LogP contribution in [0.1, 0.15) is 50.7 Å². The van der Waals surface area contributed by atoms with E-state index in [4.69, 9.17) is 0 Å². The van der Waals surface area contributed by atoms with Gasteiger partial charge in [-0.3, -0.25) is 0 Å². The molecule has 0 atom stereocenters. The quantitative estimate of drug-likeness (QED) is 0.663. The first-order valence-electron chi connectivity index (χ1n) is 4.71. The predicted octanol–water partition coefficient (Wildman–Crippen LogP) is 4.36. The van der Waals surface area contributed by atoms with Crippen LogP contribution in [0, 0.1) is 0 Å². The lowest BCUT2D eigenvalue weighted by Crippen LogP contribution is -1.90. The predicted molar refractivity (Wildman–Crippen MR) is 61.9 cm³/mol. The average Bonchev–Trinajstić information content (AvgIpc) is 2.04. The molecule has 0 fully saturated rings. The summed E-state index contributed by atoms with van der Waals surface area (Å²) in [5.74, 6) is 1.29. The Labute approximate surface area is 87.8 Å². The molecule has 0 N–H and O–H groups in total. The van der Waals surface area contributed by atoms with E-state index >= 15 is 0 Å². The third-order valence-corrected chi connectivity index (χ3v) is 2.27. The molecule has 0 aliphatic carbocycles. The van der Waals surface area contributed by atoms with E-state index in [9.17, 15) is 0 Å². The Bertz CT molecular complexity index is 207. The fraction of sp³-hybridized carbons (Fsp3) is 0.500. The van der Waals surface area contributed by atoms with Gasteiger partial charge in [0.1, 0.15) is 0 Å². The zero-order chi connectivity index (χ0) is 9.14. The first-order valence-corrected chi connectivity index (χ1v) is 4.71. The highest BCUT2D eigenvalue weighted by Gasteiger charge is 2.00. The fourth-order valence-corrected chi connectivity index (χ4v) is 1.27. The molecule has 1 aromatic rings.